The summed E-state index contributed by atoms with van der Waals surface area (Å²) in [6.07, 6.45) is 2.10. The number of benzene rings is 3. The van der Waals surface area contributed by atoms with Crippen molar-refractivity contribution in [2.45, 2.75) is 13.0 Å². The number of nitrogens with zero attached hydrogens (tertiary/aromatic N) is 2. The van der Waals surface area contributed by atoms with E-state index in [9.17, 15) is 9.59 Å². The summed E-state index contributed by atoms with van der Waals surface area (Å²) in [6.45, 7) is -0.189. The number of aromatic nitrogens is 2. The van der Waals surface area contributed by atoms with Crippen LogP contribution in [0.1, 0.15) is 15.9 Å². The normalized spacial score (nSPS) is 11.1. The minimum atomic E-state index is -0.605. The molecule has 0 unspecified atom stereocenters. The second-order valence-electron chi connectivity index (χ2n) is 7.10. The molecule has 4 rings (SSSR count). The van der Waals surface area contributed by atoms with E-state index in [-0.39, 0.29) is 11.1 Å². The van der Waals surface area contributed by atoms with Crippen LogP contribution in [-0.4, -0.2) is 27.0 Å². The van der Waals surface area contributed by atoms with Gasteiger partial charge in [0.05, 0.1) is 17.2 Å². The summed E-state index contributed by atoms with van der Waals surface area (Å²) in [4.78, 5) is 29.0. The van der Waals surface area contributed by atoms with Crippen LogP contribution in [-0.2, 0) is 13.0 Å². The summed E-state index contributed by atoms with van der Waals surface area (Å²) in [5.74, 6) is -0.438. The quantitative estimate of drug-likeness (QED) is 0.427. The van der Waals surface area contributed by atoms with Crippen LogP contribution < -0.4 is 5.56 Å². The molecule has 3 aromatic carbocycles. The van der Waals surface area contributed by atoms with E-state index < -0.39 is 12.4 Å². The summed E-state index contributed by atoms with van der Waals surface area (Å²) in [5.41, 5.74) is 3.26. The molecule has 0 fully saturated rings. The van der Waals surface area contributed by atoms with Gasteiger partial charge in [-0.3, -0.25) is 14.2 Å². The Morgan fingerprint density at radius 1 is 1.00 bits per heavy atom. The Bertz CT molecular complexity index is 1330. The van der Waals surface area contributed by atoms with Crippen molar-refractivity contribution in [1.82, 2.24) is 9.55 Å². The van der Waals surface area contributed by atoms with Gasteiger partial charge in [0, 0.05) is 27.7 Å². The molecule has 1 aromatic heterocycles. The topological polar surface area (TPSA) is 72.2 Å². The predicted octanol–water partition coefficient (Wildman–Crippen LogP) is 4.79. The Morgan fingerprint density at radius 2 is 1.74 bits per heavy atom. The molecule has 31 heavy (non-hydrogen) atoms. The van der Waals surface area contributed by atoms with Gasteiger partial charge in [-0.25, -0.2) is 4.98 Å². The third-order valence-corrected chi connectivity index (χ3v) is 5.74. The average Bonchev–Trinajstić information content (AvgIpc) is 2.78. The van der Waals surface area contributed by atoms with Crippen molar-refractivity contribution in [1.29, 1.82) is 0 Å². The van der Waals surface area contributed by atoms with Crippen LogP contribution in [0.5, 0.6) is 0 Å². The number of aliphatic hydroxyl groups excluding tert-OH is 1. The van der Waals surface area contributed by atoms with Crippen molar-refractivity contribution in [2.24, 2.45) is 0 Å². The number of rotatable bonds is 6. The highest BCUT2D eigenvalue weighted by Gasteiger charge is 2.11. The minimum Gasteiger partial charge on any atom is -0.388 e. The zero-order valence-electron chi connectivity index (χ0n) is 16.4. The van der Waals surface area contributed by atoms with Gasteiger partial charge in [-0.2, -0.15) is 0 Å². The van der Waals surface area contributed by atoms with E-state index >= 15 is 0 Å². The van der Waals surface area contributed by atoms with E-state index in [1.165, 1.54) is 17.0 Å². The second-order valence-corrected chi connectivity index (χ2v) is 7.92. The number of ketones is 1. The molecule has 0 aliphatic carbocycles. The van der Waals surface area contributed by atoms with E-state index in [2.05, 4.69) is 4.98 Å². The van der Waals surface area contributed by atoms with Crippen LogP contribution >= 0.6 is 23.2 Å². The molecule has 0 radical (unpaired) electrons. The first-order valence-corrected chi connectivity index (χ1v) is 10.4. The fourth-order valence-corrected chi connectivity index (χ4v) is 4.10. The number of hydrogen-bond donors (Lipinski definition) is 1. The molecule has 4 aromatic rings. The zero-order valence-corrected chi connectivity index (χ0v) is 17.9. The number of carbonyl (C=O) groups excluding carboxylic acids is 1. The van der Waals surface area contributed by atoms with Crippen molar-refractivity contribution < 1.29 is 9.90 Å². The van der Waals surface area contributed by atoms with Gasteiger partial charge in [0.2, 0.25) is 0 Å². The van der Waals surface area contributed by atoms with E-state index in [0.717, 1.165) is 16.7 Å². The fraction of sp³-hybridized carbons (Fsp3) is 0.125. The summed E-state index contributed by atoms with van der Waals surface area (Å²) < 4.78 is 1.52. The largest absolute Gasteiger partial charge is 0.388 e. The Balaban J connectivity index is 1.62. The summed E-state index contributed by atoms with van der Waals surface area (Å²) >= 11 is 12.7. The lowest BCUT2D eigenvalue weighted by Crippen LogP contribution is -2.22. The van der Waals surface area contributed by atoms with Crippen LogP contribution in [0, 0.1) is 0 Å². The number of carbonyl (C=O) groups is 1. The zero-order chi connectivity index (χ0) is 22.0. The fourth-order valence-electron chi connectivity index (χ4n) is 3.49. The lowest BCUT2D eigenvalue weighted by atomic mass is 10.0. The molecule has 0 atom stereocenters. The highest BCUT2D eigenvalue weighted by Crippen LogP contribution is 2.34. The number of aliphatic hydroxyl groups is 1. The molecule has 0 aliphatic rings. The molecule has 1 N–H and O–H groups in total. The van der Waals surface area contributed by atoms with Crippen molar-refractivity contribution >= 4 is 39.9 Å². The maximum absolute atomic E-state index is 12.9. The summed E-state index contributed by atoms with van der Waals surface area (Å²) in [5, 5.41) is 10.6. The van der Waals surface area contributed by atoms with Gasteiger partial charge >= 0.3 is 0 Å². The molecule has 0 saturated carbocycles. The minimum absolute atomic E-state index is 0.233. The third kappa shape index (κ3) is 4.39. The predicted molar refractivity (Wildman–Crippen MR) is 123 cm³/mol. The Hall–Kier alpha value is -2.99. The molecule has 0 saturated heterocycles. The van der Waals surface area contributed by atoms with Gasteiger partial charge in [-0.15, -0.1) is 0 Å². The molecule has 0 spiro atoms. The molecular formula is C24H18Cl2N2O3. The van der Waals surface area contributed by atoms with E-state index in [1.54, 1.807) is 30.3 Å². The van der Waals surface area contributed by atoms with Crippen molar-refractivity contribution in [3.05, 3.63) is 98.5 Å². The summed E-state index contributed by atoms with van der Waals surface area (Å²) in [7, 11) is 0. The monoisotopic (exact) mass is 452 g/mol. The molecular weight excluding hydrogens is 435 g/mol. The van der Waals surface area contributed by atoms with Gasteiger partial charge in [-0.05, 0) is 47.9 Å². The van der Waals surface area contributed by atoms with Gasteiger partial charge < -0.3 is 5.11 Å². The molecule has 5 nitrogen and oxygen atoms in total. The lowest BCUT2D eigenvalue weighted by Gasteiger charge is -2.10. The number of halogens is 2. The maximum Gasteiger partial charge on any atom is 0.261 e. The van der Waals surface area contributed by atoms with Crippen molar-refractivity contribution in [3.63, 3.8) is 0 Å². The van der Waals surface area contributed by atoms with Crippen molar-refractivity contribution in [2.75, 3.05) is 6.61 Å². The standard InChI is InChI=1S/C24H18Cl2N2O3/c25-19-5-2-6-20(26)23(19)17-4-1-3-15(11-17)9-10-28-14-27-21-8-7-16(22(30)13-29)12-18(21)24(28)31/h1-8,11-12,14,29H,9-10,13H2. The van der Waals surface area contributed by atoms with E-state index in [0.29, 0.717) is 33.9 Å². The van der Waals surface area contributed by atoms with Gasteiger partial charge in [0.25, 0.3) is 5.56 Å². The molecule has 0 aliphatic heterocycles. The van der Waals surface area contributed by atoms with Crippen LogP contribution in [0.25, 0.3) is 22.0 Å². The van der Waals surface area contributed by atoms with Crippen LogP contribution in [0.15, 0.2) is 71.8 Å². The third-order valence-electron chi connectivity index (χ3n) is 5.11. The molecule has 0 bridgehead atoms. The van der Waals surface area contributed by atoms with E-state index in [4.69, 9.17) is 28.3 Å². The Morgan fingerprint density at radius 3 is 2.48 bits per heavy atom. The van der Waals surface area contributed by atoms with Gasteiger partial charge in [-0.1, -0.05) is 53.5 Å². The number of aryl methyl sites for hydroxylation is 2. The highest BCUT2D eigenvalue weighted by molar-refractivity contribution is 6.39. The Kier molecular flexibility index (Phi) is 6.18. The first-order valence-electron chi connectivity index (χ1n) is 9.64. The van der Waals surface area contributed by atoms with Crippen LogP contribution in [0.2, 0.25) is 10.0 Å². The van der Waals surface area contributed by atoms with Gasteiger partial charge in [0.15, 0.2) is 5.78 Å². The molecule has 7 heteroatoms. The second kappa shape index (κ2) is 9.02. The van der Waals surface area contributed by atoms with Crippen LogP contribution in [0.3, 0.4) is 0 Å². The van der Waals surface area contributed by atoms with Crippen molar-refractivity contribution in [3.8, 4) is 11.1 Å². The number of Topliss-reactive ketones (excluding diaryl/α,β-unsaturated/α-hetero) is 1. The maximum atomic E-state index is 12.9. The highest BCUT2D eigenvalue weighted by atomic mass is 35.5. The van der Waals surface area contributed by atoms with Crippen LogP contribution in [0.4, 0.5) is 0 Å². The number of hydrogen-bond acceptors (Lipinski definition) is 4. The number of fused-ring (bicyclic) bond motifs is 1. The summed E-state index contributed by atoms with van der Waals surface area (Å²) in [6, 6.07) is 17.9. The van der Waals surface area contributed by atoms with Gasteiger partial charge in [0.1, 0.15) is 6.61 Å². The first-order chi connectivity index (χ1) is 15.0. The SMILES string of the molecule is O=C(CO)c1ccc2ncn(CCc3cccc(-c4c(Cl)cccc4Cl)c3)c(=O)c2c1. The molecule has 0 amide bonds. The Labute approximate surface area is 188 Å². The lowest BCUT2D eigenvalue weighted by molar-refractivity contribution is 0.0904. The first kappa shape index (κ1) is 21.2. The average molecular weight is 453 g/mol. The van der Waals surface area contributed by atoms with E-state index in [1.807, 2.05) is 24.3 Å². The molecule has 1 heterocycles. The smallest absolute Gasteiger partial charge is 0.261 e. The molecule has 156 valence electrons.